The highest BCUT2D eigenvalue weighted by Crippen LogP contribution is 2.43. The van der Waals surface area contributed by atoms with Crippen LogP contribution < -0.4 is 0 Å². The number of phosphoric ester groups is 1. The van der Waals surface area contributed by atoms with Crippen LogP contribution in [0.4, 0.5) is 0 Å². The van der Waals surface area contributed by atoms with Gasteiger partial charge in [0.1, 0.15) is 19.8 Å². The molecule has 0 aliphatic rings. The summed E-state index contributed by atoms with van der Waals surface area (Å²) in [5.41, 5.74) is 0. The Kier molecular flexibility index (Phi) is 38.5. The number of allylic oxidation sites excluding steroid dienone is 10. The van der Waals surface area contributed by atoms with Gasteiger partial charge < -0.3 is 18.9 Å². The highest BCUT2D eigenvalue weighted by Gasteiger charge is 2.27. The molecule has 0 aliphatic carbocycles. The van der Waals surface area contributed by atoms with Crippen LogP contribution in [0.1, 0.15) is 181 Å². The topological polar surface area (TPSA) is 108 Å². The number of hydrogen-bond donors (Lipinski definition) is 1. The maximum absolute atomic E-state index is 12.6. The Morgan fingerprint density at radius 1 is 0.552 bits per heavy atom. The Hall–Kier alpha value is -2.29. The lowest BCUT2D eigenvalue weighted by Gasteiger charge is -2.24. The molecule has 0 aromatic carbocycles. The highest BCUT2D eigenvalue weighted by atomic mass is 31.2. The minimum Gasteiger partial charge on any atom is -0.462 e. The second-order valence-electron chi connectivity index (χ2n) is 16.4. The number of hydrogen-bond acceptors (Lipinski definition) is 7. The number of ether oxygens (including phenoxy) is 2. The number of quaternary nitrogens is 1. The normalized spacial score (nSPS) is 14.1. The van der Waals surface area contributed by atoms with Crippen molar-refractivity contribution >= 4 is 19.8 Å². The molecule has 0 aromatic heterocycles. The van der Waals surface area contributed by atoms with Crippen LogP contribution in [0.25, 0.3) is 0 Å². The standard InChI is InChI=1S/C48H86NO8P/c1-6-8-10-12-13-14-15-16-17-18-19-20-21-22-23-24-25-26-27-28-29-30-31-32-33-34-35-37-39-41-48(51)57-46(44-54-47(50)40-38-36-11-9-7-2)45-56-58(52,53)55-43-42-49(3,4)5/h8,10,13-14,16-17,19-20,22-23,46H,6-7,9,11-12,15,18,21,24-45H2,1-5H3/p+1/b10-8-,14-13-,17-16-,20-19-,23-22-. The van der Waals surface area contributed by atoms with Crippen LogP contribution in [0.2, 0.25) is 0 Å². The lowest BCUT2D eigenvalue weighted by Crippen LogP contribution is -2.37. The average Bonchev–Trinajstić information content (AvgIpc) is 3.17. The lowest BCUT2D eigenvalue weighted by atomic mass is 10.0. The third-order valence-corrected chi connectivity index (χ3v) is 10.5. The average molecular weight is 837 g/mol. The summed E-state index contributed by atoms with van der Waals surface area (Å²) in [5, 5.41) is 0. The van der Waals surface area contributed by atoms with Crippen molar-refractivity contribution in [3.05, 3.63) is 60.8 Å². The Bertz CT molecular complexity index is 1170. The summed E-state index contributed by atoms with van der Waals surface area (Å²) < 4.78 is 34.1. The second-order valence-corrected chi connectivity index (χ2v) is 17.9. The summed E-state index contributed by atoms with van der Waals surface area (Å²) in [6, 6.07) is 0. The van der Waals surface area contributed by atoms with Crippen LogP contribution in [0, 0.1) is 0 Å². The van der Waals surface area contributed by atoms with E-state index >= 15 is 0 Å². The van der Waals surface area contributed by atoms with Gasteiger partial charge in [0.2, 0.25) is 0 Å². The van der Waals surface area contributed by atoms with Crippen molar-refractivity contribution in [2.75, 3.05) is 47.5 Å². The molecule has 0 rings (SSSR count). The molecule has 0 fully saturated rings. The second kappa shape index (κ2) is 40.1. The van der Waals surface area contributed by atoms with E-state index in [0.717, 1.165) is 83.5 Å². The van der Waals surface area contributed by atoms with Gasteiger partial charge in [0.25, 0.3) is 0 Å². The number of carbonyl (C=O) groups is 2. The van der Waals surface area contributed by atoms with Gasteiger partial charge in [-0.25, -0.2) is 4.57 Å². The van der Waals surface area contributed by atoms with Gasteiger partial charge in [0, 0.05) is 12.8 Å². The molecule has 0 radical (unpaired) electrons. The maximum Gasteiger partial charge on any atom is 0.472 e. The number of nitrogens with zero attached hydrogens (tertiary/aromatic N) is 1. The minimum atomic E-state index is -4.36. The summed E-state index contributed by atoms with van der Waals surface area (Å²) in [6.07, 6.45) is 49.0. The third kappa shape index (κ3) is 43.3. The molecule has 10 heteroatoms. The van der Waals surface area contributed by atoms with Gasteiger partial charge in [-0.1, -0.05) is 171 Å². The van der Waals surface area contributed by atoms with Crippen molar-refractivity contribution in [1.29, 1.82) is 0 Å². The van der Waals surface area contributed by atoms with E-state index in [-0.39, 0.29) is 32.0 Å². The molecule has 58 heavy (non-hydrogen) atoms. The molecule has 2 unspecified atom stereocenters. The Morgan fingerprint density at radius 3 is 1.47 bits per heavy atom. The molecule has 0 heterocycles. The van der Waals surface area contributed by atoms with Crippen LogP contribution in [0.5, 0.6) is 0 Å². The molecular formula is C48H87NO8P+. The third-order valence-electron chi connectivity index (χ3n) is 9.56. The first-order valence-electron chi connectivity index (χ1n) is 23.0. The monoisotopic (exact) mass is 837 g/mol. The zero-order chi connectivity index (χ0) is 42.8. The Morgan fingerprint density at radius 2 is 0.983 bits per heavy atom. The Labute approximate surface area is 356 Å². The number of rotatable bonds is 41. The fourth-order valence-electron chi connectivity index (χ4n) is 5.98. The summed E-state index contributed by atoms with van der Waals surface area (Å²) in [5.74, 6) is -0.815. The van der Waals surface area contributed by atoms with Crippen molar-refractivity contribution in [2.24, 2.45) is 0 Å². The van der Waals surface area contributed by atoms with Crippen LogP contribution in [0.3, 0.4) is 0 Å². The first-order chi connectivity index (χ1) is 28.0. The van der Waals surface area contributed by atoms with Gasteiger partial charge in [-0.2, -0.15) is 0 Å². The highest BCUT2D eigenvalue weighted by molar-refractivity contribution is 7.47. The number of esters is 2. The number of phosphoric acid groups is 1. The molecule has 336 valence electrons. The van der Waals surface area contributed by atoms with Crippen LogP contribution in [0.15, 0.2) is 60.8 Å². The molecule has 9 nitrogen and oxygen atoms in total. The number of unbranched alkanes of at least 4 members (excludes halogenated alkanes) is 17. The van der Waals surface area contributed by atoms with Crippen molar-refractivity contribution in [3.8, 4) is 0 Å². The lowest BCUT2D eigenvalue weighted by molar-refractivity contribution is -0.870. The molecule has 0 saturated heterocycles. The van der Waals surface area contributed by atoms with Gasteiger partial charge in [-0.05, 0) is 57.8 Å². The smallest absolute Gasteiger partial charge is 0.462 e. The van der Waals surface area contributed by atoms with E-state index in [0.29, 0.717) is 17.4 Å². The SMILES string of the molecule is CC/C=C\C/C=C\C/C=C\C/C=C\C/C=C\CCCCCCCCCCCCCCCC(=O)OC(COC(=O)CCCCCCC)COP(=O)(O)OCC[N+](C)(C)C. The molecule has 0 spiro atoms. The largest absolute Gasteiger partial charge is 0.472 e. The predicted octanol–water partition coefficient (Wildman–Crippen LogP) is 13.2. The molecule has 0 aromatic rings. The quantitative estimate of drug-likeness (QED) is 0.0213. The fourth-order valence-corrected chi connectivity index (χ4v) is 6.72. The first-order valence-corrected chi connectivity index (χ1v) is 24.5. The summed E-state index contributed by atoms with van der Waals surface area (Å²) in [6.45, 7) is 4.20. The van der Waals surface area contributed by atoms with E-state index in [1.165, 1.54) is 64.2 Å². The molecule has 0 saturated carbocycles. The van der Waals surface area contributed by atoms with Crippen LogP contribution in [-0.2, 0) is 32.7 Å². The first kappa shape index (κ1) is 55.7. The van der Waals surface area contributed by atoms with E-state index < -0.39 is 26.5 Å². The Balaban J connectivity index is 4.00. The van der Waals surface area contributed by atoms with Crippen molar-refractivity contribution in [1.82, 2.24) is 0 Å². The summed E-state index contributed by atoms with van der Waals surface area (Å²) >= 11 is 0. The van der Waals surface area contributed by atoms with E-state index in [1.807, 2.05) is 21.1 Å². The minimum absolute atomic E-state index is 0.0304. The fraction of sp³-hybridized carbons (Fsp3) is 0.750. The van der Waals surface area contributed by atoms with E-state index in [2.05, 4.69) is 74.6 Å². The van der Waals surface area contributed by atoms with E-state index in [9.17, 15) is 19.0 Å². The zero-order valence-corrected chi connectivity index (χ0v) is 38.7. The summed E-state index contributed by atoms with van der Waals surface area (Å²) in [7, 11) is 1.47. The van der Waals surface area contributed by atoms with Gasteiger partial charge >= 0.3 is 19.8 Å². The van der Waals surface area contributed by atoms with Crippen LogP contribution in [-0.4, -0.2) is 74.9 Å². The number of likely N-dealkylation sites (N-methyl/N-ethyl adjacent to an activating group) is 1. The molecule has 0 aliphatic heterocycles. The molecule has 0 bridgehead atoms. The predicted molar refractivity (Wildman–Crippen MR) is 243 cm³/mol. The molecule has 2 atom stereocenters. The van der Waals surface area contributed by atoms with Gasteiger partial charge in [-0.3, -0.25) is 18.6 Å². The van der Waals surface area contributed by atoms with E-state index in [1.54, 1.807) is 0 Å². The molecular weight excluding hydrogens is 750 g/mol. The van der Waals surface area contributed by atoms with E-state index in [4.69, 9.17) is 18.5 Å². The maximum atomic E-state index is 12.6. The van der Waals surface area contributed by atoms with Crippen molar-refractivity contribution < 1.29 is 42.1 Å². The van der Waals surface area contributed by atoms with Gasteiger partial charge in [0.05, 0.1) is 27.7 Å². The number of carbonyl (C=O) groups excluding carboxylic acids is 2. The molecule has 1 N–H and O–H groups in total. The zero-order valence-electron chi connectivity index (χ0n) is 37.8. The molecule has 0 amide bonds. The summed E-state index contributed by atoms with van der Waals surface area (Å²) in [4.78, 5) is 35.0. The van der Waals surface area contributed by atoms with Gasteiger partial charge in [-0.15, -0.1) is 0 Å². The van der Waals surface area contributed by atoms with Crippen molar-refractivity contribution in [2.45, 2.75) is 187 Å². The van der Waals surface area contributed by atoms with Gasteiger partial charge in [0.15, 0.2) is 6.10 Å². The van der Waals surface area contributed by atoms with Crippen LogP contribution >= 0.6 is 7.82 Å². The van der Waals surface area contributed by atoms with Crippen molar-refractivity contribution in [3.63, 3.8) is 0 Å².